The van der Waals surface area contributed by atoms with Crippen molar-refractivity contribution in [2.75, 3.05) is 6.54 Å². The lowest BCUT2D eigenvalue weighted by Crippen LogP contribution is -2.34. The van der Waals surface area contributed by atoms with Crippen molar-refractivity contribution in [1.82, 2.24) is 15.1 Å². The van der Waals surface area contributed by atoms with Gasteiger partial charge in [-0.1, -0.05) is 12.7 Å². The van der Waals surface area contributed by atoms with Gasteiger partial charge in [-0.3, -0.25) is 9.89 Å². The molecule has 1 fully saturated rings. The molecule has 1 aromatic heterocycles. The monoisotopic (exact) mass is 259 g/mol. The van der Waals surface area contributed by atoms with E-state index in [-0.39, 0.29) is 5.91 Å². The minimum atomic E-state index is 0.0694. The molecule has 2 rings (SSSR count). The first-order valence-corrected chi connectivity index (χ1v) is 6.71. The summed E-state index contributed by atoms with van der Waals surface area (Å²) in [5.74, 6) is 0.0694. The molecule has 1 aromatic rings. The third-order valence-electron chi connectivity index (χ3n) is 3.77. The lowest BCUT2D eigenvalue weighted by molar-refractivity contribution is -0.127. The Morgan fingerprint density at radius 1 is 1.53 bits per heavy atom. The number of hydrogen-bond donors (Lipinski definition) is 1. The van der Waals surface area contributed by atoms with Crippen molar-refractivity contribution in [2.45, 2.75) is 39.7 Å². The molecule has 0 spiro atoms. The van der Waals surface area contributed by atoms with Crippen LogP contribution in [0.25, 0.3) is 6.08 Å². The summed E-state index contributed by atoms with van der Waals surface area (Å²) in [6, 6.07) is 0.322. The second kappa shape index (κ2) is 5.43. The van der Waals surface area contributed by atoms with Crippen molar-refractivity contribution < 1.29 is 4.79 Å². The first kappa shape index (κ1) is 13.6. The number of carbonyl (C=O) groups is 1. The smallest absolute Gasteiger partial charge is 0.254 e. The molecule has 0 saturated carbocycles. The van der Waals surface area contributed by atoms with E-state index in [0.29, 0.717) is 11.6 Å². The molecule has 1 N–H and O–H groups in total. The number of aryl methyl sites for hydroxylation is 2. The minimum Gasteiger partial charge on any atom is -0.336 e. The van der Waals surface area contributed by atoms with E-state index in [0.717, 1.165) is 36.3 Å². The molecule has 2 heterocycles. The molecule has 1 unspecified atom stereocenters. The minimum absolute atomic E-state index is 0.0694. The third kappa shape index (κ3) is 2.62. The molecule has 1 amide bonds. The van der Waals surface area contributed by atoms with Gasteiger partial charge in [-0.15, -0.1) is 0 Å². The normalized spacial score (nSPS) is 19.8. The van der Waals surface area contributed by atoms with Crippen molar-refractivity contribution in [3.63, 3.8) is 0 Å². The molecule has 0 bridgehead atoms. The van der Waals surface area contributed by atoms with Crippen LogP contribution in [0, 0.1) is 13.8 Å². The van der Waals surface area contributed by atoms with Crippen molar-refractivity contribution in [3.8, 4) is 0 Å². The first-order valence-electron chi connectivity index (χ1n) is 6.71. The van der Waals surface area contributed by atoms with Gasteiger partial charge < -0.3 is 4.90 Å². The highest BCUT2D eigenvalue weighted by Crippen LogP contribution is 2.21. The maximum absolute atomic E-state index is 12.5. The highest BCUT2D eigenvalue weighted by Gasteiger charge is 2.26. The van der Waals surface area contributed by atoms with Crippen LogP contribution in [0.5, 0.6) is 0 Å². The molecular weight excluding hydrogens is 238 g/mol. The van der Waals surface area contributed by atoms with E-state index >= 15 is 0 Å². The number of rotatable bonds is 3. The fourth-order valence-electron chi connectivity index (χ4n) is 2.54. The standard InChI is InChI=1S/C15H21N3O/c1-5-13(9-14-11(3)16-17-12(14)4)15(19)18-8-6-7-10(18)2/h5,9-10H,1,6-8H2,2-4H3,(H,16,17)/b13-9+. The Morgan fingerprint density at radius 3 is 2.74 bits per heavy atom. The summed E-state index contributed by atoms with van der Waals surface area (Å²) in [7, 11) is 0. The Hall–Kier alpha value is -1.84. The summed E-state index contributed by atoms with van der Waals surface area (Å²) in [5, 5.41) is 7.08. The predicted molar refractivity (Wildman–Crippen MR) is 76.6 cm³/mol. The highest BCUT2D eigenvalue weighted by molar-refractivity contribution is 6.01. The van der Waals surface area contributed by atoms with Gasteiger partial charge in [0.05, 0.1) is 5.69 Å². The number of nitrogens with one attached hydrogen (secondary N) is 1. The lowest BCUT2D eigenvalue weighted by Gasteiger charge is -2.21. The molecule has 0 aliphatic carbocycles. The van der Waals surface area contributed by atoms with Gasteiger partial charge in [-0.25, -0.2) is 0 Å². The zero-order valence-electron chi connectivity index (χ0n) is 11.9. The van der Waals surface area contributed by atoms with E-state index < -0.39 is 0 Å². The summed E-state index contributed by atoms with van der Waals surface area (Å²) in [5.41, 5.74) is 3.50. The van der Waals surface area contributed by atoms with Crippen LogP contribution in [0.2, 0.25) is 0 Å². The Balaban J connectivity index is 2.29. The van der Waals surface area contributed by atoms with E-state index in [1.807, 2.05) is 24.8 Å². The number of hydrogen-bond acceptors (Lipinski definition) is 2. The van der Waals surface area contributed by atoms with Crippen LogP contribution < -0.4 is 0 Å². The zero-order chi connectivity index (χ0) is 14.0. The molecule has 1 aliphatic heterocycles. The van der Waals surface area contributed by atoms with Crippen LogP contribution in [0.3, 0.4) is 0 Å². The van der Waals surface area contributed by atoms with Crippen molar-refractivity contribution >= 4 is 12.0 Å². The molecule has 0 radical (unpaired) electrons. The molecule has 1 aliphatic rings. The van der Waals surface area contributed by atoms with Crippen LogP contribution in [-0.2, 0) is 4.79 Å². The quantitative estimate of drug-likeness (QED) is 0.670. The summed E-state index contributed by atoms with van der Waals surface area (Å²) < 4.78 is 0. The van der Waals surface area contributed by atoms with Gasteiger partial charge in [-0.2, -0.15) is 5.10 Å². The lowest BCUT2D eigenvalue weighted by atomic mass is 10.1. The maximum atomic E-state index is 12.5. The molecule has 1 atom stereocenters. The van der Waals surface area contributed by atoms with Crippen LogP contribution in [0.4, 0.5) is 0 Å². The SMILES string of the molecule is C=C/C(=C\c1c(C)n[nH]c1C)C(=O)N1CCCC1C. The second-order valence-electron chi connectivity index (χ2n) is 5.14. The van der Waals surface area contributed by atoms with Gasteiger partial charge in [0.15, 0.2) is 0 Å². The van der Waals surface area contributed by atoms with Crippen LogP contribution in [0.1, 0.15) is 36.7 Å². The fraction of sp³-hybridized carbons (Fsp3) is 0.467. The van der Waals surface area contributed by atoms with Gasteiger partial charge in [0.1, 0.15) is 0 Å². The van der Waals surface area contributed by atoms with E-state index in [1.54, 1.807) is 6.08 Å². The van der Waals surface area contributed by atoms with Gasteiger partial charge in [0.2, 0.25) is 0 Å². The molecule has 0 aromatic carbocycles. The Labute approximate surface area is 114 Å². The number of amides is 1. The maximum Gasteiger partial charge on any atom is 0.254 e. The largest absolute Gasteiger partial charge is 0.336 e. The van der Waals surface area contributed by atoms with E-state index in [1.165, 1.54) is 0 Å². The van der Waals surface area contributed by atoms with E-state index in [2.05, 4.69) is 23.7 Å². The summed E-state index contributed by atoms with van der Waals surface area (Å²) in [6.07, 6.45) is 5.69. The topological polar surface area (TPSA) is 49.0 Å². The van der Waals surface area contributed by atoms with Gasteiger partial charge >= 0.3 is 0 Å². The van der Waals surface area contributed by atoms with Crippen LogP contribution in [-0.4, -0.2) is 33.6 Å². The van der Waals surface area contributed by atoms with Gasteiger partial charge in [0.25, 0.3) is 5.91 Å². The van der Waals surface area contributed by atoms with Crippen molar-refractivity contribution in [2.24, 2.45) is 0 Å². The Kier molecular flexibility index (Phi) is 3.88. The average molecular weight is 259 g/mol. The van der Waals surface area contributed by atoms with Crippen LogP contribution >= 0.6 is 0 Å². The summed E-state index contributed by atoms with van der Waals surface area (Å²) >= 11 is 0. The number of H-pyrrole nitrogens is 1. The molecular formula is C15H21N3O. The van der Waals surface area contributed by atoms with E-state index in [9.17, 15) is 4.79 Å². The summed E-state index contributed by atoms with van der Waals surface area (Å²) in [4.78, 5) is 14.4. The highest BCUT2D eigenvalue weighted by atomic mass is 16.2. The fourth-order valence-corrected chi connectivity index (χ4v) is 2.54. The Morgan fingerprint density at radius 2 is 2.26 bits per heavy atom. The summed E-state index contributed by atoms with van der Waals surface area (Å²) in [6.45, 7) is 10.6. The number of likely N-dealkylation sites (tertiary alicyclic amines) is 1. The third-order valence-corrected chi connectivity index (χ3v) is 3.77. The first-order chi connectivity index (χ1) is 9.04. The van der Waals surface area contributed by atoms with Crippen molar-refractivity contribution in [3.05, 3.63) is 35.2 Å². The van der Waals surface area contributed by atoms with Crippen LogP contribution in [0.15, 0.2) is 18.2 Å². The zero-order valence-corrected chi connectivity index (χ0v) is 11.9. The average Bonchev–Trinajstić information content (AvgIpc) is 2.94. The second-order valence-corrected chi connectivity index (χ2v) is 5.14. The number of aromatic amines is 1. The molecule has 19 heavy (non-hydrogen) atoms. The van der Waals surface area contributed by atoms with E-state index in [4.69, 9.17) is 0 Å². The number of carbonyl (C=O) groups excluding carboxylic acids is 1. The number of aromatic nitrogens is 2. The predicted octanol–water partition coefficient (Wildman–Crippen LogP) is 2.61. The van der Waals surface area contributed by atoms with Gasteiger partial charge in [-0.05, 0) is 39.7 Å². The van der Waals surface area contributed by atoms with Crippen molar-refractivity contribution in [1.29, 1.82) is 0 Å². The Bertz CT molecular complexity index is 508. The molecule has 4 heteroatoms. The molecule has 1 saturated heterocycles. The number of nitrogens with zero attached hydrogens (tertiary/aromatic N) is 2. The molecule has 4 nitrogen and oxygen atoms in total. The van der Waals surface area contributed by atoms with Gasteiger partial charge in [0, 0.05) is 29.4 Å². The molecule has 102 valence electrons.